The molecule has 0 spiro atoms. The minimum Gasteiger partial charge on any atom is -0.462 e. The maximum atomic E-state index is 13.0. The molecule has 0 bridgehead atoms. The summed E-state index contributed by atoms with van der Waals surface area (Å²) in [5.74, 6) is -1.37. The smallest absolute Gasteiger partial charge is 0.462 e. The third-order valence-corrected chi connectivity index (χ3v) is 17.2. The van der Waals surface area contributed by atoms with Gasteiger partial charge in [-0.3, -0.25) is 37.3 Å². The predicted molar refractivity (Wildman–Crippen MR) is 340 cm³/mol. The number of ether oxygens (including phenoxy) is 4. The fraction of sp³-hybridized carbons (Fsp3) is 0.939. The molecule has 0 aromatic carbocycles. The first-order valence-electron chi connectivity index (χ1n) is 34.6. The minimum absolute atomic E-state index is 0.105. The first-order valence-corrected chi connectivity index (χ1v) is 37.6. The number of aliphatic hydroxyl groups is 1. The molecule has 0 aliphatic rings. The zero-order chi connectivity index (χ0) is 62.8. The molecule has 0 heterocycles. The lowest BCUT2D eigenvalue weighted by Crippen LogP contribution is -2.30. The molecule has 19 heteroatoms. The summed E-state index contributed by atoms with van der Waals surface area (Å²) in [6.07, 6.45) is 44.5. The molecule has 0 aromatic rings. The Morgan fingerprint density at radius 2 is 0.541 bits per heavy atom. The second kappa shape index (κ2) is 59.7. The van der Waals surface area contributed by atoms with Crippen molar-refractivity contribution >= 4 is 39.5 Å². The lowest BCUT2D eigenvalue weighted by atomic mass is 10.0. The van der Waals surface area contributed by atoms with Gasteiger partial charge in [-0.1, -0.05) is 285 Å². The second-order valence-corrected chi connectivity index (χ2v) is 27.2. The van der Waals surface area contributed by atoms with E-state index >= 15 is 0 Å². The molecule has 0 saturated heterocycles. The predicted octanol–water partition coefficient (Wildman–Crippen LogP) is 18.6. The molecule has 0 aliphatic carbocycles. The molecular weight excluding hydrogens is 1130 g/mol. The van der Waals surface area contributed by atoms with Gasteiger partial charge in [0.1, 0.15) is 19.3 Å². The lowest BCUT2D eigenvalue weighted by molar-refractivity contribution is -0.161. The highest BCUT2D eigenvalue weighted by atomic mass is 31.2. The first-order chi connectivity index (χ1) is 41.0. The van der Waals surface area contributed by atoms with Crippen LogP contribution >= 0.6 is 15.6 Å². The van der Waals surface area contributed by atoms with Crippen LogP contribution in [0, 0.1) is 5.92 Å². The van der Waals surface area contributed by atoms with E-state index in [1.807, 2.05) is 0 Å². The second-order valence-electron chi connectivity index (χ2n) is 24.3. The number of unbranched alkanes of at least 4 members (excludes halogenated alkanes) is 38. The summed E-state index contributed by atoms with van der Waals surface area (Å²) < 4.78 is 68.0. The Morgan fingerprint density at radius 1 is 0.318 bits per heavy atom. The van der Waals surface area contributed by atoms with Crippen molar-refractivity contribution in [2.75, 3.05) is 39.6 Å². The summed E-state index contributed by atoms with van der Waals surface area (Å²) in [4.78, 5) is 72.2. The van der Waals surface area contributed by atoms with E-state index in [1.54, 1.807) is 0 Å². The van der Waals surface area contributed by atoms with Crippen LogP contribution < -0.4 is 0 Å². The summed E-state index contributed by atoms with van der Waals surface area (Å²) in [6, 6.07) is 0. The Balaban J connectivity index is 5.19. The van der Waals surface area contributed by atoms with Crippen molar-refractivity contribution < 1.29 is 80.2 Å². The van der Waals surface area contributed by atoms with Gasteiger partial charge in [0, 0.05) is 25.7 Å². The average Bonchev–Trinajstić information content (AvgIpc) is 3.53. The Hall–Kier alpha value is -1.94. The number of hydrogen-bond acceptors (Lipinski definition) is 15. The quantitative estimate of drug-likeness (QED) is 0.0222. The maximum Gasteiger partial charge on any atom is 0.472 e. The van der Waals surface area contributed by atoms with Gasteiger partial charge in [-0.2, -0.15) is 0 Å². The Morgan fingerprint density at radius 3 is 0.800 bits per heavy atom. The standard InChI is InChI=1S/C66H128O17P2/c1-6-9-12-15-18-21-22-23-24-25-26-27-32-37-42-47-52-66(71)83-62(56-77-64(69)50-45-40-36-31-29-28-30-33-38-43-48-59(4)5)58-81-85(74,75)79-54-60(67)53-78-84(72,73)80-57-61(82-65(70)51-46-41-35-20-17-14-11-8-3)55-76-63(68)49-44-39-34-19-16-13-10-7-2/h59-62,67H,6-58H2,1-5H3,(H,72,73)(H,74,75)/t60-,61+,62+/m0/s1. The molecule has 0 rings (SSSR count). The Bertz CT molecular complexity index is 1650. The molecule has 5 atom stereocenters. The lowest BCUT2D eigenvalue weighted by Gasteiger charge is -2.21. The van der Waals surface area contributed by atoms with Crippen LogP contribution in [-0.4, -0.2) is 96.7 Å². The summed E-state index contributed by atoms with van der Waals surface area (Å²) in [7, 11) is -9.88. The van der Waals surface area contributed by atoms with Gasteiger partial charge >= 0.3 is 39.5 Å². The minimum atomic E-state index is -4.95. The summed E-state index contributed by atoms with van der Waals surface area (Å²) >= 11 is 0. The SMILES string of the molecule is CCCCCCCCCCCCCCCCCCC(=O)O[C@H](COC(=O)CCCCCCCCCCCCC(C)C)COP(=O)(O)OC[C@@H](O)COP(=O)(O)OC[C@@H](COC(=O)CCCCCCCCCC)OC(=O)CCCCCCCCCC. The number of hydrogen-bond donors (Lipinski definition) is 3. The van der Waals surface area contributed by atoms with Crippen LogP contribution in [0.2, 0.25) is 0 Å². The van der Waals surface area contributed by atoms with Crippen LogP contribution in [0.15, 0.2) is 0 Å². The van der Waals surface area contributed by atoms with Crippen LogP contribution in [0.3, 0.4) is 0 Å². The number of esters is 4. The van der Waals surface area contributed by atoms with Gasteiger partial charge in [0.2, 0.25) is 0 Å². The van der Waals surface area contributed by atoms with E-state index in [9.17, 15) is 43.2 Å². The van der Waals surface area contributed by atoms with E-state index in [4.69, 9.17) is 37.0 Å². The molecule has 0 aromatic heterocycles. The summed E-state index contributed by atoms with van der Waals surface area (Å²) in [6.45, 7) is 7.16. The van der Waals surface area contributed by atoms with Crippen LogP contribution in [0.25, 0.3) is 0 Å². The third kappa shape index (κ3) is 60.7. The third-order valence-electron chi connectivity index (χ3n) is 15.3. The molecule has 2 unspecified atom stereocenters. The van der Waals surface area contributed by atoms with Gasteiger partial charge in [-0.05, 0) is 31.6 Å². The van der Waals surface area contributed by atoms with Gasteiger partial charge < -0.3 is 33.8 Å². The largest absolute Gasteiger partial charge is 0.472 e. The van der Waals surface area contributed by atoms with Crippen molar-refractivity contribution in [3.8, 4) is 0 Å². The molecular formula is C66H128O17P2. The summed E-state index contributed by atoms with van der Waals surface area (Å²) in [5, 5.41) is 10.5. The number of rotatable bonds is 66. The van der Waals surface area contributed by atoms with Gasteiger partial charge in [-0.25, -0.2) is 9.13 Å². The monoisotopic (exact) mass is 1250 g/mol. The number of aliphatic hydroxyl groups excluding tert-OH is 1. The Kier molecular flexibility index (Phi) is 58.3. The van der Waals surface area contributed by atoms with E-state index < -0.39 is 97.5 Å². The van der Waals surface area contributed by atoms with Crippen molar-refractivity contribution in [1.29, 1.82) is 0 Å². The number of carbonyl (C=O) groups excluding carboxylic acids is 4. The molecule has 0 fully saturated rings. The molecule has 0 aliphatic heterocycles. The van der Waals surface area contributed by atoms with Crippen LogP contribution in [-0.2, 0) is 65.4 Å². The number of phosphoric ester groups is 2. The highest BCUT2D eigenvalue weighted by molar-refractivity contribution is 7.47. The van der Waals surface area contributed by atoms with E-state index in [0.717, 1.165) is 109 Å². The molecule has 85 heavy (non-hydrogen) atoms. The Labute approximate surface area is 517 Å². The van der Waals surface area contributed by atoms with Crippen molar-refractivity contribution in [2.24, 2.45) is 5.92 Å². The van der Waals surface area contributed by atoms with E-state index in [2.05, 4.69) is 34.6 Å². The van der Waals surface area contributed by atoms with Crippen molar-refractivity contribution in [1.82, 2.24) is 0 Å². The van der Waals surface area contributed by atoms with Crippen molar-refractivity contribution in [3.63, 3.8) is 0 Å². The fourth-order valence-electron chi connectivity index (χ4n) is 9.94. The molecule has 17 nitrogen and oxygen atoms in total. The van der Waals surface area contributed by atoms with E-state index in [0.29, 0.717) is 25.7 Å². The highest BCUT2D eigenvalue weighted by Crippen LogP contribution is 2.45. The molecule has 0 radical (unpaired) electrons. The zero-order valence-corrected chi connectivity index (χ0v) is 56.5. The molecule has 0 saturated carbocycles. The zero-order valence-electron chi connectivity index (χ0n) is 54.7. The van der Waals surface area contributed by atoms with Crippen LogP contribution in [0.1, 0.15) is 336 Å². The normalized spacial score (nSPS) is 14.2. The first kappa shape index (κ1) is 83.1. The van der Waals surface area contributed by atoms with E-state index in [-0.39, 0.29) is 25.7 Å². The highest BCUT2D eigenvalue weighted by Gasteiger charge is 2.30. The van der Waals surface area contributed by atoms with Gasteiger partial charge in [0.15, 0.2) is 12.2 Å². The maximum absolute atomic E-state index is 13.0. The number of phosphoric acid groups is 2. The fourth-order valence-corrected chi connectivity index (χ4v) is 11.5. The molecule has 3 N–H and O–H groups in total. The topological polar surface area (TPSA) is 237 Å². The molecule has 504 valence electrons. The van der Waals surface area contributed by atoms with Crippen molar-refractivity contribution in [3.05, 3.63) is 0 Å². The number of carbonyl (C=O) groups is 4. The van der Waals surface area contributed by atoms with Gasteiger partial charge in [0.25, 0.3) is 0 Å². The van der Waals surface area contributed by atoms with Crippen molar-refractivity contribution in [2.45, 2.75) is 355 Å². The van der Waals surface area contributed by atoms with Gasteiger partial charge in [-0.15, -0.1) is 0 Å². The van der Waals surface area contributed by atoms with Crippen LogP contribution in [0.5, 0.6) is 0 Å². The molecule has 0 amide bonds. The van der Waals surface area contributed by atoms with Crippen LogP contribution in [0.4, 0.5) is 0 Å². The van der Waals surface area contributed by atoms with Gasteiger partial charge in [0.05, 0.1) is 26.4 Å². The summed E-state index contributed by atoms with van der Waals surface area (Å²) in [5.41, 5.74) is 0. The van der Waals surface area contributed by atoms with E-state index in [1.165, 1.54) is 148 Å². The average molecular weight is 1260 g/mol.